The van der Waals surface area contributed by atoms with Crippen LogP contribution in [0, 0.1) is 0 Å². The van der Waals surface area contributed by atoms with Gasteiger partial charge in [-0.15, -0.1) is 22.7 Å². The van der Waals surface area contributed by atoms with Crippen molar-refractivity contribution in [3.63, 3.8) is 0 Å². The highest BCUT2D eigenvalue weighted by molar-refractivity contribution is 7.39. The van der Waals surface area contributed by atoms with Gasteiger partial charge in [0.2, 0.25) is 0 Å². The fraction of sp³-hybridized carbons (Fsp3) is 0.333. The van der Waals surface area contributed by atoms with Gasteiger partial charge in [0.15, 0.2) is 0 Å². The minimum atomic E-state index is -0.119. The first-order valence-electron chi connectivity index (χ1n) is 17.2. The standard InChI is InChI=1S/C42H40BNS2/c1-39(2)29-23-25(44-31-18-10-9-17-28(31)41(5)21-13-14-22-42(41,44)6)24-30-36(29)43(37-34(39)26-15-7-11-19-32(26)45-37)38-35(40(30,3)4)27-16-8-12-20-33(27)46-38/h7-12,15-20,23-24H,13-14,21-22H2,1-6H3. The van der Waals surface area contributed by atoms with Crippen LogP contribution in [0.25, 0.3) is 20.2 Å². The number of anilines is 2. The van der Waals surface area contributed by atoms with Gasteiger partial charge in [-0.25, -0.2) is 0 Å². The molecule has 1 aliphatic carbocycles. The smallest absolute Gasteiger partial charge is 0.267 e. The van der Waals surface area contributed by atoms with Gasteiger partial charge in [0, 0.05) is 37.0 Å². The third kappa shape index (κ3) is 3.10. The SMILES string of the molecule is CC1(C)c2cc(N3c4ccccc4C4(C)CCCCC34C)cc3c2B(c2sc4ccccc4c21)c1sc2ccccc2c1C3(C)C. The van der Waals surface area contributed by atoms with Crippen molar-refractivity contribution >= 4 is 75.9 Å². The van der Waals surface area contributed by atoms with Crippen molar-refractivity contribution in [3.8, 4) is 0 Å². The van der Waals surface area contributed by atoms with Crippen LogP contribution in [0.1, 0.15) is 95.0 Å². The third-order valence-electron chi connectivity index (χ3n) is 13.1. The highest BCUT2D eigenvalue weighted by Gasteiger charge is 2.58. The number of nitrogens with zero attached hydrogens (tertiary/aromatic N) is 1. The van der Waals surface area contributed by atoms with Gasteiger partial charge in [-0.1, -0.05) is 108 Å². The Morgan fingerprint density at radius 3 is 1.74 bits per heavy atom. The first-order valence-corrected chi connectivity index (χ1v) is 18.8. The monoisotopic (exact) mass is 633 g/mol. The Labute approximate surface area is 281 Å². The predicted octanol–water partition coefficient (Wildman–Crippen LogP) is 9.65. The molecule has 4 aromatic carbocycles. The van der Waals surface area contributed by atoms with E-state index >= 15 is 0 Å². The molecule has 0 amide bonds. The van der Waals surface area contributed by atoms with Gasteiger partial charge < -0.3 is 4.90 Å². The second kappa shape index (κ2) is 8.76. The molecule has 1 fully saturated rings. The minimum Gasteiger partial charge on any atom is -0.334 e. The molecule has 1 nitrogen and oxygen atoms in total. The summed E-state index contributed by atoms with van der Waals surface area (Å²) in [7, 11) is 0. The van der Waals surface area contributed by atoms with Crippen molar-refractivity contribution in [2.45, 2.75) is 89.0 Å². The van der Waals surface area contributed by atoms with Crippen LogP contribution in [0.2, 0.25) is 0 Å². The van der Waals surface area contributed by atoms with E-state index in [0.29, 0.717) is 0 Å². The summed E-state index contributed by atoms with van der Waals surface area (Å²) >= 11 is 4.09. The first-order chi connectivity index (χ1) is 22.1. The summed E-state index contributed by atoms with van der Waals surface area (Å²) < 4.78 is 5.96. The molecule has 228 valence electrons. The molecule has 6 aromatic rings. The first kappa shape index (κ1) is 27.7. The quantitative estimate of drug-likeness (QED) is 0.163. The Kier molecular flexibility index (Phi) is 5.29. The van der Waals surface area contributed by atoms with Crippen LogP contribution in [-0.4, -0.2) is 12.3 Å². The highest BCUT2D eigenvalue weighted by atomic mass is 32.1. The number of hydrogen-bond acceptors (Lipinski definition) is 3. The van der Waals surface area contributed by atoms with Crippen molar-refractivity contribution < 1.29 is 0 Å². The number of thiophene rings is 2. The molecule has 0 saturated heterocycles. The Morgan fingerprint density at radius 1 is 0.609 bits per heavy atom. The average Bonchev–Trinajstić information content (AvgIpc) is 3.68. The fourth-order valence-electron chi connectivity index (χ4n) is 10.7. The van der Waals surface area contributed by atoms with Crippen molar-refractivity contribution in [2.24, 2.45) is 0 Å². The predicted molar refractivity (Wildman–Crippen MR) is 202 cm³/mol. The van der Waals surface area contributed by atoms with E-state index in [1.165, 1.54) is 73.9 Å². The molecular formula is C42H40BNS2. The molecule has 2 aromatic heterocycles. The van der Waals surface area contributed by atoms with E-state index in [-0.39, 0.29) is 28.5 Å². The summed E-state index contributed by atoms with van der Waals surface area (Å²) in [5, 5.41) is 2.88. The molecule has 4 aliphatic rings. The van der Waals surface area contributed by atoms with E-state index in [9.17, 15) is 0 Å². The topological polar surface area (TPSA) is 3.24 Å². The van der Waals surface area contributed by atoms with E-state index in [1.807, 2.05) is 22.7 Å². The van der Waals surface area contributed by atoms with Crippen molar-refractivity contribution in [2.75, 3.05) is 4.90 Å². The van der Waals surface area contributed by atoms with Crippen LogP contribution in [-0.2, 0) is 16.2 Å². The van der Waals surface area contributed by atoms with Crippen LogP contribution in [0.3, 0.4) is 0 Å². The van der Waals surface area contributed by atoms with E-state index in [1.54, 1.807) is 26.1 Å². The Hall–Kier alpha value is -3.34. The lowest BCUT2D eigenvalue weighted by Crippen LogP contribution is -2.65. The van der Waals surface area contributed by atoms with Gasteiger partial charge in [0.25, 0.3) is 6.71 Å². The van der Waals surface area contributed by atoms with Gasteiger partial charge in [-0.3, -0.25) is 0 Å². The summed E-state index contributed by atoms with van der Waals surface area (Å²) in [6, 6.07) is 33.0. The average molecular weight is 634 g/mol. The number of rotatable bonds is 1. The third-order valence-corrected chi connectivity index (χ3v) is 15.6. The number of benzene rings is 4. The fourth-order valence-corrected chi connectivity index (χ4v) is 13.7. The molecule has 4 heteroatoms. The van der Waals surface area contributed by atoms with E-state index in [2.05, 4.69) is 131 Å². The molecule has 10 rings (SSSR count). The normalized spacial score (nSPS) is 24.8. The van der Waals surface area contributed by atoms with Gasteiger partial charge >= 0.3 is 0 Å². The maximum Gasteiger partial charge on any atom is 0.267 e. The molecule has 1 saturated carbocycles. The summed E-state index contributed by atoms with van der Waals surface area (Å²) in [5.41, 5.74) is 12.0. The van der Waals surface area contributed by atoms with Gasteiger partial charge in [0.1, 0.15) is 0 Å². The molecule has 0 spiro atoms. The lowest BCUT2D eigenvalue weighted by Gasteiger charge is -2.51. The summed E-state index contributed by atoms with van der Waals surface area (Å²) in [5.74, 6) is 0. The maximum atomic E-state index is 2.81. The Morgan fingerprint density at radius 2 is 1.13 bits per heavy atom. The zero-order valence-corrected chi connectivity index (χ0v) is 29.4. The molecule has 2 unspecified atom stereocenters. The lowest BCUT2D eigenvalue weighted by molar-refractivity contribution is 0.195. The molecular weight excluding hydrogens is 593 g/mol. The summed E-state index contributed by atoms with van der Waals surface area (Å²) in [6.45, 7) is 15.5. The summed E-state index contributed by atoms with van der Waals surface area (Å²) in [6.07, 6.45) is 5.08. The van der Waals surface area contributed by atoms with Crippen LogP contribution >= 0.6 is 22.7 Å². The molecule has 2 atom stereocenters. The van der Waals surface area contributed by atoms with Crippen molar-refractivity contribution in [1.82, 2.24) is 0 Å². The molecule has 5 heterocycles. The maximum absolute atomic E-state index is 2.81. The minimum absolute atomic E-state index is 0.0351. The van der Waals surface area contributed by atoms with Crippen LogP contribution in [0.15, 0.2) is 84.9 Å². The number of para-hydroxylation sites is 1. The van der Waals surface area contributed by atoms with Crippen molar-refractivity contribution in [1.29, 1.82) is 0 Å². The van der Waals surface area contributed by atoms with E-state index < -0.39 is 0 Å². The largest absolute Gasteiger partial charge is 0.334 e. The van der Waals surface area contributed by atoms with Crippen molar-refractivity contribution in [3.05, 3.63) is 113 Å². The highest BCUT2D eigenvalue weighted by Crippen LogP contribution is 2.61. The Balaban J connectivity index is 1.33. The summed E-state index contributed by atoms with van der Waals surface area (Å²) in [4.78, 5) is 2.81. The second-order valence-corrected chi connectivity index (χ2v) is 18.1. The van der Waals surface area contributed by atoms with E-state index in [4.69, 9.17) is 0 Å². The zero-order chi connectivity index (χ0) is 31.4. The number of fused-ring (bicyclic) bond motifs is 11. The molecule has 0 N–H and O–H groups in total. The van der Waals surface area contributed by atoms with Crippen LogP contribution in [0.5, 0.6) is 0 Å². The zero-order valence-electron chi connectivity index (χ0n) is 27.8. The number of hydrogen-bond donors (Lipinski definition) is 0. The van der Waals surface area contributed by atoms with Gasteiger partial charge in [0.05, 0.1) is 5.54 Å². The Bertz CT molecular complexity index is 2170. The second-order valence-electron chi connectivity index (χ2n) is 16.0. The van der Waals surface area contributed by atoms with E-state index in [0.717, 1.165) is 0 Å². The van der Waals surface area contributed by atoms with Gasteiger partial charge in [-0.2, -0.15) is 0 Å². The van der Waals surface area contributed by atoms with Crippen LogP contribution < -0.4 is 19.9 Å². The molecule has 0 radical (unpaired) electrons. The molecule has 3 aliphatic heterocycles. The van der Waals surface area contributed by atoms with Crippen LogP contribution in [0.4, 0.5) is 11.4 Å². The lowest BCUT2D eigenvalue weighted by atomic mass is 9.32. The molecule has 46 heavy (non-hydrogen) atoms. The molecule has 0 bridgehead atoms. The van der Waals surface area contributed by atoms with Gasteiger partial charge in [-0.05, 0) is 98.2 Å².